The fraction of sp³-hybridized carbons (Fsp3) is 0.545. The summed E-state index contributed by atoms with van der Waals surface area (Å²) in [5, 5.41) is 12.0. The van der Waals surface area contributed by atoms with Crippen molar-refractivity contribution < 1.29 is 9.90 Å². The Balaban J connectivity index is 2.05. The van der Waals surface area contributed by atoms with Crippen LogP contribution in [0.15, 0.2) is 12.4 Å². The molecule has 2 rings (SSSR count). The van der Waals surface area contributed by atoms with Crippen molar-refractivity contribution in [2.75, 3.05) is 5.32 Å². The van der Waals surface area contributed by atoms with Gasteiger partial charge in [-0.25, -0.2) is 4.98 Å². The number of aryl methyl sites for hydroxylation is 1. The number of hydrogen-bond acceptors (Lipinski definition) is 4. The smallest absolute Gasteiger partial charge is 0.305 e. The molecule has 1 saturated carbocycles. The summed E-state index contributed by atoms with van der Waals surface area (Å²) in [6, 6.07) is -0.0205. The van der Waals surface area contributed by atoms with Gasteiger partial charge in [-0.3, -0.25) is 9.78 Å². The molecule has 0 radical (unpaired) electrons. The number of carbonyl (C=O) groups is 1. The normalized spacial score (nSPS) is 16.8. The van der Waals surface area contributed by atoms with E-state index < -0.39 is 5.97 Å². The minimum atomic E-state index is -0.772. The first kappa shape index (κ1) is 10.9. The lowest BCUT2D eigenvalue weighted by Gasteiger charge is -2.17. The highest BCUT2D eigenvalue weighted by atomic mass is 16.4. The summed E-state index contributed by atoms with van der Waals surface area (Å²) in [4.78, 5) is 19.0. The first-order chi connectivity index (χ1) is 7.66. The molecular formula is C11H15N3O2. The molecule has 0 saturated heterocycles. The fourth-order valence-corrected chi connectivity index (χ4v) is 1.75. The Morgan fingerprint density at radius 1 is 1.56 bits per heavy atom. The summed E-state index contributed by atoms with van der Waals surface area (Å²) in [7, 11) is 0. The predicted molar refractivity (Wildman–Crippen MR) is 59.2 cm³/mol. The molecule has 86 valence electrons. The lowest BCUT2D eigenvalue weighted by molar-refractivity contribution is -0.137. The molecule has 1 atom stereocenters. The number of aliphatic carboxylic acids is 1. The van der Waals surface area contributed by atoms with Crippen LogP contribution in [-0.4, -0.2) is 27.1 Å². The van der Waals surface area contributed by atoms with Gasteiger partial charge in [-0.2, -0.15) is 0 Å². The van der Waals surface area contributed by atoms with E-state index >= 15 is 0 Å². The van der Waals surface area contributed by atoms with Crippen LogP contribution in [0.4, 0.5) is 5.82 Å². The van der Waals surface area contributed by atoms with Crippen LogP contribution in [0.1, 0.15) is 25.0 Å². The number of nitrogens with zero attached hydrogens (tertiary/aromatic N) is 2. The van der Waals surface area contributed by atoms with Crippen molar-refractivity contribution >= 4 is 11.8 Å². The molecule has 5 nitrogen and oxygen atoms in total. The van der Waals surface area contributed by atoms with Gasteiger partial charge < -0.3 is 10.4 Å². The minimum Gasteiger partial charge on any atom is -0.481 e. The molecule has 1 heterocycles. The van der Waals surface area contributed by atoms with Crippen LogP contribution < -0.4 is 5.32 Å². The van der Waals surface area contributed by atoms with Crippen molar-refractivity contribution in [2.24, 2.45) is 5.92 Å². The Labute approximate surface area is 93.9 Å². The van der Waals surface area contributed by atoms with E-state index in [9.17, 15) is 4.79 Å². The lowest BCUT2D eigenvalue weighted by Crippen LogP contribution is -2.26. The predicted octanol–water partition coefficient (Wildman–Crippen LogP) is 1.45. The van der Waals surface area contributed by atoms with Crippen molar-refractivity contribution in [2.45, 2.75) is 32.2 Å². The summed E-state index contributed by atoms with van der Waals surface area (Å²) < 4.78 is 0. The Hall–Kier alpha value is -1.65. The van der Waals surface area contributed by atoms with Gasteiger partial charge in [0.25, 0.3) is 0 Å². The Kier molecular flexibility index (Phi) is 3.03. The Bertz CT molecular complexity index is 391. The first-order valence-corrected chi connectivity index (χ1v) is 5.42. The number of nitrogens with one attached hydrogen (secondary N) is 1. The summed E-state index contributed by atoms with van der Waals surface area (Å²) in [5.41, 5.74) is 0.804. The first-order valence-electron chi connectivity index (χ1n) is 5.42. The molecule has 0 spiro atoms. The maximum atomic E-state index is 10.7. The van der Waals surface area contributed by atoms with Crippen LogP contribution in [0.2, 0.25) is 0 Å². The van der Waals surface area contributed by atoms with E-state index in [0.717, 1.165) is 18.5 Å². The zero-order chi connectivity index (χ0) is 11.5. The van der Waals surface area contributed by atoms with Gasteiger partial charge in [0.15, 0.2) is 0 Å². The summed E-state index contributed by atoms with van der Waals surface area (Å²) >= 11 is 0. The van der Waals surface area contributed by atoms with E-state index in [2.05, 4.69) is 15.3 Å². The molecule has 0 bridgehead atoms. The molecule has 1 aromatic heterocycles. The molecule has 1 aliphatic rings. The maximum absolute atomic E-state index is 10.7. The van der Waals surface area contributed by atoms with Crippen molar-refractivity contribution in [1.82, 2.24) is 9.97 Å². The second kappa shape index (κ2) is 4.47. The molecule has 1 fully saturated rings. The minimum absolute atomic E-state index is 0.0205. The van der Waals surface area contributed by atoms with Crippen LogP contribution in [-0.2, 0) is 4.79 Å². The van der Waals surface area contributed by atoms with Crippen LogP contribution in [0.25, 0.3) is 0 Å². The SMILES string of the molecule is Cc1nccnc1NC(CC(=O)O)C1CC1. The second-order valence-corrected chi connectivity index (χ2v) is 4.18. The van der Waals surface area contributed by atoms with Crippen LogP contribution in [0.3, 0.4) is 0 Å². The van der Waals surface area contributed by atoms with Gasteiger partial charge in [0.05, 0.1) is 12.1 Å². The van der Waals surface area contributed by atoms with Crippen LogP contribution in [0, 0.1) is 12.8 Å². The van der Waals surface area contributed by atoms with Crippen LogP contribution in [0.5, 0.6) is 0 Å². The molecular weight excluding hydrogens is 206 g/mol. The van der Waals surface area contributed by atoms with E-state index in [0.29, 0.717) is 11.7 Å². The van der Waals surface area contributed by atoms with E-state index in [1.807, 2.05) is 6.92 Å². The summed E-state index contributed by atoms with van der Waals surface area (Å²) in [5.74, 6) is 0.393. The number of anilines is 1. The molecule has 5 heteroatoms. The highest BCUT2D eigenvalue weighted by Crippen LogP contribution is 2.35. The maximum Gasteiger partial charge on any atom is 0.305 e. The van der Waals surface area contributed by atoms with Gasteiger partial charge in [-0.15, -0.1) is 0 Å². The third-order valence-electron chi connectivity index (χ3n) is 2.79. The number of hydrogen-bond donors (Lipinski definition) is 2. The van der Waals surface area contributed by atoms with E-state index in [-0.39, 0.29) is 12.5 Å². The largest absolute Gasteiger partial charge is 0.481 e. The molecule has 1 aromatic rings. The standard InChI is InChI=1S/C11H15N3O2/c1-7-11(13-5-4-12-7)14-9(6-10(15)16)8-2-3-8/h4-5,8-9H,2-3,6H2,1H3,(H,13,14)(H,15,16). The van der Waals surface area contributed by atoms with Gasteiger partial charge in [-0.1, -0.05) is 0 Å². The highest BCUT2D eigenvalue weighted by molar-refractivity contribution is 5.68. The quantitative estimate of drug-likeness (QED) is 0.787. The fourth-order valence-electron chi connectivity index (χ4n) is 1.75. The third kappa shape index (κ3) is 2.68. The van der Waals surface area contributed by atoms with Gasteiger partial charge in [0.1, 0.15) is 5.82 Å². The molecule has 0 aromatic carbocycles. The summed E-state index contributed by atoms with van der Waals surface area (Å²) in [6.45, 7) is 1.86. The average Bonchev–Trinajstić information content (AvgIpc) is 3.03. The van der Waals surface area contributed by atoms with Gasteiger partial charge >= 0.3 is 5.97 Å². The second-order valence-electron chi connectivity index (χ2n) is 4.18. The van der Waals surface area contributed by atoms with Gasteiger partial charge in [0, 0.05) is 18.4 Å². The molecule has 16 heavy (non-hydrogen) atoms. The molecule has 2 N–H and O–H groups in total. The summed E-state index contributed by atoms with van der Waals surface area (Å²) in [6.07, 6.45) is 5.58. The van der Waals surface area contributed by atoms with Crippen molar-refractivity contribution in [3.05, 3.63) is 18.1 Å². The Morgan fingerprint density at radius 3 is 2.81 bits per heavy atom. The van der Waals surface area contributed by atoms with Gasteiger partial charge in [-0.05, 0) is 25.7 Å². The van der Waals surface area contributed by atoms with E-state index in [1.54, 1.807) is 12.4 Å². The number of carboxylic acid groups (broad SMARTS) is 1. The van der Waals surface area contributed by atoms with E-state index in [4.69, 9.17) is 5.11 Å². The highest BCUT2D eigenvalue weighted by Gasteiger charge is 2.33. The lowest BCUT2D eigenvalue weighted by atomic mass is 10.1. The molecule has 1 unspecified atom stereocenters. The molecule has 1 aliphatic carbocycles. The number of aromatic nitrogens is 2. The topological polar surface area (TPSA) is 75.1 Å². The van der Waals surface area contributed by atoms with Crippen molar-refractivity contribution in [3.8, 4) is 0 Å². The third-order valence-corrected chi connectivity index (χ3v) is 2.79. The zero-order valence-corrected chi connectivity index (χ0v) is 9.18. The average molecular weight is 221 g/mol. The number of rotatable bonds is 5. The van der Waals surface area contributed by atoms with Crippen LogP contribution >= 0.6 is 0 Å². The Morgan fingerprint density at radius 2 is 2.25 bits per heavy atom. The van der Waals surface area contributed by atoms with Crippen molar-refractivity contribution in [1.29, 1.82) is 0 Å². The van der Waals surface area contributed by atoms with E-state index in [1.165, 1.54) is 0 Å². The molecule has 0 aliphatic heterocycles. The zero-order valence-electron chi connectivity index (χ0n) is 9.18. The number of carboxylic acids is 1. The monoisotopic (exact) mass is 221 g/mol. The molecule has 0 amide bonds. The van der Waals surface area contributed by atoms with Crippen molar-refractivity contribution in [3.63, 3.8) is 0 Å². The van der Waals surface area contributed by atoms with Gasteiger partial charge in [0.2, 0.25) is 0 Å².